The van der Waals surface area contributed by atoms with Gasteiger partial charge in [0.15, 0.2) is 0 Å². The number of hydrogen-bond donors (Lipinski definition) is 2. The summed E-state index contributed by atoms with van der Waals surface area (Å²) in [5, 5.41) is 6.75. The summed E-state index contributed by atoms with van der Waals surface area (Å²) in [6, 6.07) is 18.0. The number of rotatable bonds is 13. The Morgan fingerprint density at radius 2 is 1.74 bits per heavy atom. The van der Waals surface area contributed by atoms with Crippen molar-refractivity contribution >= 4 is 23.7 Å². The molecule has 2 N–H and O–H groups in total. The molecule has 0 spiro atoms. The molecule has 0 aromatic heterocycles. The van der Waals surface area contributed by atoms with Crippen molar-refractivity contribution in [2.75, 3.05) is 45.7 Å². The molecule has 3 rings (SSSR count). The zero-order valence-electron chi connectivity index (χ0n) is 22.9. The molecule has 0 unspecified atom stereocenters. The molecule has 0 saturated heterocycles. The van der Waals surface area contributed by atoms with Crippen molar-refractivity contribution in [2.45, 2.75) is 20.4 Å². The Morgan fingerprint density at radius 1 is 0.974 bits per heavy atom. The van der Waals surface area contributed by atoms with E-state index in [-0.39, 0.29) is 11.5 Å². The van der Waals surface area contributed by atoms with Crippen LogP contribution in [0.1, 0.15) is 45.7 Å². The van der Waals surface area contributed by atoms with Crippen molar-refractivity contribution in [1.82, 2.24) is 15.2 Å². The average molecular weight is 534 g/mol. The van der Waals surface area contributed by atoms with Gasteiger partial charge in [0.25, 0.3) is 11.8 Å². The predicted molar refractivity (Wildman–Crippen MR) is 153 cm³/mol. The molecule has 39 heavy (non-hydrogen) atoms. The summed E-state index contributed by atoms with van der Waals surface area (Å²) in [4.78, 5) is 30.7. The molecule has 0 saturated carbocycles. The van der Waals surface area contributed by atoms with Gasteiger partial charge < -0.3 is 19.9 Å². The van der Waals surface area contributed by atoms with Crippen molar-refractivity contribution in [3.63, 3.8) is 0 Å². The highest BCUT2D eigenvalue weighted by Crippen LogP contribution is 2.23. The zero-order chi connectivity index (χ0) is 28.2. The van der Waals surface area contributed by atoms with Gasteiger partial charge in [0, 0.05) is 25.2 Å². The molecule has 0 heterocycles. The van der Waals surface area contributed by atoms with Gasteiger partial charge in [-0.15, -0.1) is 0 Å². The highest BCUT2D eigenvalue weighted by atomic mass is 19.1. The fourth-order valence-corrected chi connectivity index (χ4v) is 4.01. The lowest BCUT2D eigenvalue weighted by Crippen LogP contribution is -2.32. The molecule has 9 heteroatoms. The maximum atomic E-state index is 13.4. The Hall–Kier alpha value is -4.08. The van der Waals surface area contributed by atoms with Gasteiger partial charge in [0.2, 0.25) is 0 Å². The molecule has 0 aliphatic carbocycles. The number of amides is 2. The number of benzene rings is 3. The normalized spacial score (nSPS) is 11.3. The van der Waals surface area contributed by atoms with E-state index in [0.717, 1.165) is 31.7 Å². The monoisotopic (exact) mass is 533 g/mol. The molecule has 206 valence electrons. The summed E-state index contributed by atoms with van der Waals surface area (Å²) >= 11 is 0. The van der Waals surface area contributed by atoms with Crippen LogP contribution in [0.2, 0.25) is 0 Å². The number of hydrogen-bond acceptors (Lipinski definition) is 6. The van der Waals surface area contributed by atoms with Crippen LogP contribution < -0.4 is 15.5 Å². The minimum absolute atomic E-state index is 0.173. The van der Waals surface area contributed by atoms with Crippen LogP contribution in [-0.2, 0) is 6.54 Å². The molecule has 8 nitrogen and oxygen atoms in total. The van der Waals surface area contributed by atoms with Crippen LogP contribution in [0.5, 0.6) is 5.75 Å². The number of ether oxygens (including phenoxy) is 1. The standard InChI is InChI=1S/C30H36FN5O3/c1-5-36(6-2)16-15-35(3)21-23-10-7-11-24(17-23)29(37)33-28-14-13-26(39-4)19-27(28)30(38)34-32-20-22-9-8-12-25(31)18-22/h7-14,17-20H,5-6,15-16,21H2,1-4H3,(H,33,37)(H,34,38). The number of likely N-dealkylation sites (N-methyl/N-ethyl adjacent to an activating group) is 2. The van der Waals surface area contributed by atoms with Gasteiger partial charge in [-0.3, -0.25) is 9.59 Å². The Balaban J connectivity index is 1.70. The molecule has 0 aliphatic rings. The first-order valence-electron chi connectivity index (χ1n) is 12.9. The summed E-state index contributed by atoms with van der Waals surface area (Å²) in [5.74, 6) is -0.856. The minimum atomic E-state index is -0.555. The van der Waals surface area contributed by atoms with Gasteiger partial charge in [0.1, 0.15) is 11.6 Å². The number of anilines is 1. The molecule has 3 aromatic carbocycles. The number of nitrogens with zero attached hydrogens (tertiary/aromatic N) is 3. The third kappa shape index (κ3) is 9.01. The van der Waals surface area contributed by atoms with E-state index in [1.165, 1.54) is 31.5 Å². The first-order valence-corrected chi connectivity index (χ1v) is 12.9. The fourth-order valence-electron chi connectivity index (χ4n) is 4.01. The van der Waals surface area contributed by atoms with Crippen molar-refractivity contribution in [3.8, 4) is 5.75 Å². The van der Waals surface area contributed by atoms with Gasteiger partial charge in [-0.1, -0.05) is 38.1 Å². The largest absolute Gasteiger partial charge is 0.497 e. The van der Waals surface area contributed by atoms with Crippen molar-refractivity contribution in [3.05, 3.63) is 94.8 Å². The average Bonchev–Trinajstić information content (AvgIpc) is 2.94. The third-order valence-electron chi connectivity index (χ3n) is 6.28. The van der Waals surface area contributed by atoms with Gasteiger partial charge in [-0.2, -0.15) is 5.10 Å². The Bertz CT molecular complexity index is 1290. The summed E-state index contributed by atoms with van der Waals surface area (Å²) in [7, 11) is 3.55. The van der Waals surface area contributed by atoms with Crippen LogP contribution in [-0.4, -0.2) is 68.2 Å². The SMILES string of the molecule is CCN(CC)CCN(C)Cc1cccc(C(=O)Nc2ccc(OC)cc2C(=O)NN=Cc2cccc(F)c2)c1. The first kappa shape index (κ1) is 29.5. The van der Waals surface area contributed by atoms with Crippen LogP contribution in [0.3, 0.4) is 0 Å². The third-order valence-corrected chi connectivity index (χ3v) is 6.28. The van der Waals surface area contributed by atoms with Crippen LogP contribution in [0.15, 0.2) is 71.8 Å². The summed E-state index contributed by atoms with van der Waals surface area (Å²) < 4.78 is 18.6. The van der Waals surface area contributed by atoms with Gasteiger partial charge in [0.05, 0.1) is 24.6 Å². The Kier molecular flexibility index (Phi) is 11.1. The molecule has 0 aliphatic heterocycles. The molecular formula is C30H36FN5O3. The molecule has 0 radical (unpaired) electrons. The molecule has 2 amide bonds. The van der Waals surface area contributed by atoms with E-state index in [1.54, 1.807) is 30.3 Å². The zero-order valence-corrected chi connectivity index (χ0v) is 22.9. The summed E-state index contributed by atoms with van der Waals surface area (Å²) in [6.07, 6.45) is 1.34. The van der Waals surface area contributed by atoms with Crippen LogP contribution in [0.4, 0.5) is 10.1 Å². The Morgan fingerprint density at radius 3 is 2.46 bits per heavy atom. The number of carbonyl (C=O) groups excluding carboxylic acids is 2. The second kappa shape index (κ2) is 14.8. The van der Waals surface area contributed by atoms with Gasteiger partial charge >= 0.3 is 0 Å². The van der Waals surface area contributed by atoms with Crippen LogP contribution in [0, 0.1) is 5.82 Å². The highest BCUT2D eigenvalue weighted by molar-refractivity contribution is 6.09. The number of carbonyl (C=O) groups is 2. The minimum Gasteiger partial charge on any atom is -0.497 e. The summed E-state index contributed by atoms with van der Waals surface area (Å²) in [5.41, 5.74) is 4.90. The van der Waals surface area contributed by atoms with Crippen LogP contribution in [0.25, 0.3) is 0 Å². The molecule has 0 bridgehead atoms. The fraction of sp³-hybridized carbons (Fsp3) is 0.300. The molecule has 0 fully saturated rings. The quantitative estimate of drug-likeness (QED) is 0.247. The molecule has 0 atom stereocenters. The molecular weight excluding hydrogens is 497 g/mol. The van der Waals surface area contributed by atoms with E-state index in [1.807, 2.05) is 18.2 Å². The smallest absolute Gasteiger partial charge is 0.273 e. The number of nitrogens with one attached hydrogen (secondary N) is 2. The predicted octanol–water partition coefficient (Wildman–Crippen LogP) is 4.62. The second-order valence-electron chi connectivity index (χ2n) is 9.08. The van der Waals surface area contributed by atoms with E-state index in [2.05, 4.69) is 46.5 Å². The van der Waals surface area contributed by atoms with Crippen molar-refractivity contribution in [2.24, 2.45) is 5.10 Å². The number of hydrazone groups is 1. The summed E-state index contributed by atoms with van der Waals surface area (Å²) in [6.45, 7) is 8.97. The van der Waals surface area contributed by atoms with Gasteiger partial charge in [-0.05, 0) is 73.7 Å². The van der Waals surface area contributed by atoms with Crippen LogP contribution >= 0.6 is 0 Å². The van der Waals surface area contributed by atoms with E-state index in [4.69, 9.17) is 4.74 Å². The lowest BCUT2D eigenvalue weighted by molar-refractivity contribution is 0.0955. The topological polar surface area (TPSA) is 86.3 Å². The van der Waals surface area contributed by atoms with Gasteiger partial charge in [-0.25, -0.2) is 9.82 Å². The van der Waals surface area contributed by atoms with E-state index in [0.29, 0.717) is 29.1 Å². The second-order valence-corrected chi connectivity index (χ2v) is 9.08. The lowest BCUT2D eigenvalue weighted by atomic mass is 10.1. The number of methoxy groups -OCH3 is 1. The van der Waals surface area contributed by atoms with E-state index in [9.17, 15) is 14.0 Å². The highest BCUT2D eigenvalue weighted by Gasteiger charge is 2.16. The van der Waals surface area contributed by atoms with E-state index < -0.39 is 11.7 Å². The maximum Gasteiger partial charge on any atom is 0.273 e. The number of halogens is 1. The first-order chi connectivity index (χ1) is 18.8. The van der Waals surface area contributed by atoms with E-state index >= 15 is 0 Å². The van der Waals surface area contributed by atoms with Crippen molar-refractivity contribution < 1.29 is 18.7 Å². The Labute approximate surface area is 229 Å². The van der Waals surface area contributed by atoms with Crippen molar-refractivity contribution in [1.29, 1.82) is 0 Å². The maximum absolute atomic E-state index is 13.4. The lowest BCUT2D eigenvalue weighted by Gasteiger charge is -2.23. The molecule has 3 aromatic rings.